The molecule has 3 nitrogen and oxygen atoms in total. The molecular formula is C12H10ClNO2. The summed E-state index contributed by atoms with van der Waals surface area (Å²) in [5.41, 5.74) is 2.18. The number of carboxylic acid groups (broad SMARTS) is 1. The van der Waals surface area contributed by atoms with Gasteiger partial charge in [-0.1, -0.05) is 23.7 Å². The summed E-state index contributed by atoms with van der Waals surface area (Å²) in [5, 5.41) is 10.1. The quantitative estimate of drug-likeness (QED) is 0.826. The summed E-state index contributed by atoms with van der Waals surface area (Å²) in [6.07, 6.45) is 0. The molecule has 0 aliphatic rings. The number of aromatic nitrogens is 1. The van der Waals surface area contributed by atoms with Crippen LogP contribution in [0.15, 0.2) is 18.2 Å². The van der Waals surface area contributed by atoms with Crippen LogP contribution in [-0.2, 0) is 0 Å². The van der Waals surface area contributed by atoms with Crippen LogP contribution in [0.1, 0.15) is 21.6 Å². The summed E-state index contributed by atoms with van der Waals surface area (Å²) in [7, 11) is 0. The summed E-state index contributed by atoms with van der Waals surface area (Å²) < 4.78 is 0. The molecule has 0 bridgehead atoms. The van der Waals surface area contributed by atoms with Gasteiger partial charge in [0.25, 0.3) is 0 Å². The molecule has 0 atom stereocenters. The van der Waals surface area contributed by atoms with E-state index in [-0.39, 0.29) is 10.6 Å². The minimum Gasteiger partial charge on any atom is -0.478 e. The van der Waals surface area contributed by atoms with Crippen molar-refractivity contribution in [3.05, 3.63) is 40.0 Å². The lowest BCUT2D eigenvalue weighted by Crippen LogP contribution is -2.04. The van der Waals surface area contributed by atoms with Gasteiger partial charge in [0.05, 0.1) is 21.8 Å². The second-order valence-corrected chi connectivity index (χ2v) is 4.04. The molecule has 0 radical (unpaired) electrons. The number of benzene rings is 1. The lowest BCUT2D eigenvalue weighted by molar-refractivity contribution is 0.0696. The largest absolute Gasteiger partial charge is 0.478 e. The van der Waals surface area contributed by atoms with Crippen molar-refractivity contribution in [1.29, 1.82) is 0 Å². The third-order valence-electron chi connectivity index (χ3n) is 2.55. The van der Waals surface area contributed by atoms with E-state index in [2.05, 4.69) is 4.98 Å². The fraction of sp³-hybridized carbons (Fsp3) is 0.167. The number of hydrogen-bond donors (Lipinski definition) is 1. The second-order valence-electron chi connectivity index (χ2n) is 3.66. The van der Waals surface area contributed by atoms with Crippen molar-refractivity contribution in [3.8, 4) is 0 Å². The van der Waals surface area contributed by atoms with Gasteiger partial charge in [-0.3, -0.25) is 4.98 Å². The van der Waals surface area contributed by atoms with Gasteiger partial charge >= 0.3 is 5.97 Å². The Hall–Kier alpha value is -1.61. The highest BCUT2D eigenvalue weighted by Crippen LogP contribution is 2.30. The average molecular weight is 236 g/mol. The van der Waals surface area contributed by atoms with E-state index in [0.29, 0.717) is 11.1 Å². The molecule has 0 unspecified atom stereocenters. The topological polar surface area (TPSA) is 50.2 Å². The Bertz CT molecular complexity index is 593. The first-order chi connectivity index (χ1) is 7.52. The molecule has 0 saturated heterocycles. The van der Waals surface area contributed by atoms with Crippen molar-refractivity contribution >= 4 is 28.5 Å². The summed E-state index contributed by atoms with van der Waals surface area (Å²) in [4.78, 5) is 15.3. The molecule has 4 heteroatoms. The van der Waals surface area contributed by atoms with E-state index in [9.17, 15) is 4.79 Å². The first kappa shape index (κ1) is 10.9. The van der Waals surface area contributed by atoms with E-state index in [4.69, 9.17) is 16.7 Å². The van der Waals surface area contributed by atoms with Crippen LogP contribution in [0, 0.1) is 13.8 Å². The predicted molar refractivity (Wildman–Crippen MR) is 63.2 cm³/mol. The van der Waals surface area contributed by atoms with E-state index in [1.165, 1.54) is 0 Å². The Kier molecular flexibility index (Phi) is 2.56. The van der Waals surface area contributed by atoms with Crippen LogP contribution in [0.4, 0.5) is 0 Å². The minimum atomic E-state index is -1.04. The number of fused-ring (bicyclic) bond motifs is 1. The normalized spacial score (nSPS) is 10.7. The molecule has 2 aromatic rings. The SMILES string of the molecule is Cc1nc2cccc(C)c2c(Cl)c1C(=O)O. The molecule has 1 aromatic heterocycles. The second kappa shape index (κ2) is 3.76. The van der Waals surface area contributed by atoms with Crippen LogP contribution in [-0.4, -0.2) is 16.1 Å². The van der Waals surface area contributed by atoms with Gasteiger partial charge in [0.15, 0.2) is 0 Å². The molecule has 1 N–H and O–H groups in total. The number of nitrogens with zero attached hydrogens (tertiary/aromatic N) is 1. The number of pyridine rings is 1. The van der Waals surface area contributed by atoms with Crippen LogP contribution < -0.4 is 0 Å². The fourth-order valence-electron chi connectivity index (χ4n) is 1.80. The van der Waals surface area contributed by atoms with Gasteiger partial charge in [-0.25, -0.2) is 4.79 Å². The standard InChI is InChI=1S/C12H10ClNO2/c1-6-4-3-5-8-9(6)11(13)10(12(15)16)7(2)14-8/h3-5H,1-2H3,(H,15,16). The van der Waals surface area contributed by atoms with E-state index in [1.807, 2.05) is 25.1 Å². The minimum absolute atomic E-state index is 0.0865. The van der Waals surface area contributed by atoms with Crippen molar-refractivity contribution in [3.63, 3.8) is 0 Å². The van der Waals surface area contributed by atoms with Crippen LogP contribution >= 0.6 is 11.6 Å². The molecular weight excluding hydrogens is 226 g/mol. The lowest BCUT2D eigenvalue weighted by atomic mass is 10.1. The number of carbonyl (C=O) groups is 1. The van der Waals surface area contributed by atoms with Crippen LogP contribution in [0.2, 0.25) is 5.02 Å². The van der Waals surface area contributed by atoms with Crippen LogP contribution in [0.3, 0.4) is 0 Å². The number of hydrogen-bond acceptors (Lipinski definition) is 2. The number of rotatable bonds is 1. The molecule has 0 amide bonds. The number of aryl methyl sites for hydroxylation is 2. The molecule has 2 rings (SSSR count). The monoisotopic (exact) mass is 235 g/mol. The van der Waals surface area contributed by atoms with Gasteiger partial charge in [-0.2, -0.15) is 0 Å². The summed E-state index contributed by atoms with van der Waals surface area (Å²) >= 11 is 6.13. The Morgan fingerprint density at radius 1 is 1.38 bits per heavy atom. The number of halogens is 1. The zero-order valence-electron chi connectivity index (χ0n) is 8.91. The van der Waals surface area contributed by atoms with Gasteiger partial charge in [-0.15, -0.1) is 0 Å². The zero-order valence-corrected chi connectivity index (χ0v) is 9.67. The summed E-state index contributed by atoms with van der Waals surface area (Å²) in [5.74, 6) is -1.04. The van der Waals surface area contributed by atoms with Crippen molar-refractivity contribution < 1.29 is 9.90 Å². The molecule has 0 aliphatic carbocycles. The highest BCUT2D eigenvalue weighted by Gasteiger charge is 2.17. The first-order valence-corrected chi connectivity index (χ1v) is 5.19. The van der Waals surface area contributed by atoms with Crippen LogP contribution in [0.5, 0.6) is 0 Å². The lowest BCUT2D eigenvalue weighted by Gasteiger charge is -2.09. The highest BCUT2D eigenvalue weighted by molar-refractivity contribution is 6.38. The molecule has 0 saturated carbocycles. The third kappa shape index (κ3) is 1.53. The average Bonchev–Trinajstić information content (AvgIpc) is 2.15. The highest BCUT2D eigenvalue weighted by atomic mass is 35.5. The molecule has 16 heavy (non-hydrogen) atoms. The van der Waals surface area contributed by atoms with Crippen molar-refractivity contribution in [2.75, 3.05) is 0 Å². The molecule has 1 aromatic carbocycles. The maximum absolute atomic E-state index is 11.1. The summed E-state index contributed by atoms with van der Waals surface area (Å²) in [6, 6.07) is 5.59. The smallest absolute Gasteiger partial charge is 0.339 e. The Balaban J connectivity index is 2.96. The van der Waals surface area contributed by atoms with Crippen molar-refractivity contribution in [1.82, 2.24) is 4.98 Å². The molecule has 0 aliphatic heterocycles. The fourth-order valence-corrected chi connectivity index (χ4v) is 2.26. The molecule has 82 valence electrons. The summed E-state index contributed by atoms with van der Waals surface area (Å²) in [6.45, 7) is 3.54. The first-order valence-electron chi connectivity index (χ1n) is 4.81. The van der Waals surface area contributed by atoms with E-state index >= 15 is 0 Å². The third-order valence-corrected chi connectivity index (χ3v) is 2.93. The van der Waals surface area contributed by atoms with Gasteiger partial charge < -0.3 is 5.11 Å². The van der Waals surface area contributed by atoms with Crippen LogP contribution in [0.25, 0.3) is 10.9 Å². The van der Waals surface area contributed by atoms with E-state index < -0.39 is 5.97 Å². The van der Waals surface area contributed by atoms with E-state index in [0.717, 1.165) is 11.1 Å². The van der Waals surface area contributed by atoms with Crippen molar-refractivity contribution in [2.24, 2.45) is 0 Å². The van der Waals surface area contributed by atoms with E-state index in [1.54, 1.807) is 6.92 Å². The Labute approximate surface area is 97.7 Å². The van der Waals surface area contributed by atoms with Gasteiger partial charge in [-0.05, 0) is 25.5 Å². The zero-order chi connectivity index (χ0) is 11.9. The Morgan fingerprint density at radius 2 is 2.06 bits per heavy atom. The van der Waals surface area contributed by atoms with Gasteiger partial charge in [0.1, 0.15) is 0 Å². The Morgan fingerprint density at radius 3 is 2.69 bits per heavy atom. The predicted octanol–water partition coefficient (Wildman–Crippen LogP) is 3.20. The van der Waals surface area contributed by atoms with Crippen molar-refractivity contribution in [2.45, 2.75) is 13.8 Å². The number of aromatic carboxylic acids is 1. The maximum Gasteiger partial charge on any atom is 0.339 e. The molecule has 0 spiro atoms. The molecule has 0 fully saturated rings. The number of carboxylic acids is 1. The van der Waals surface area contributed by atoms with Gasteiger partial charge in [0, 0.05) is 5.39 Å². The van der Waals surface area contributed by atoms with Gasteiger partial charge in [0.2, 0.25) is 0 Å². The maximum atomic E-state index is 11.1. The molecule has 1 heterocycles.